The van der Waals surface area contributed by atoms with Crippen LogP contribution in [0.2, 0.25) is 0 Å². The van der Waals surface area contributed by atoms with Gasteiger partial charge in [0, 0.05) is 51.9 Å². The van der Waals surface area contributed by atoms with Gasteiger partial charge in [0.2, 0.25) is 0 Å². The fraction of sp³-hybridized carbons (Fsp3) is 0.478. The summed E-state index contributed by atoms with van der Waals surface area (Å²) >= 11 is 0. The lowest BCUT2D eigenvalue weighted by Crippen LogP contribution is -2.49. The van der Waals surface area contributed by atoms with Crippen LogP contribution in [0, 0.1) is 6.92 Å². The van der Waals surface area contributed by atoms with Gasteiger partial charge in [-0.3, -0.25) is 9.80 Å². The molecule has 0 radical (unpaired) electrons. The number of likely N-dealkylation sites (tertiary alicyclic amines) is 1. The quantitative estimate of drug-likeness (QED) is 0.802. The molecule has 0 aromatic heterocycles. The van der Waals surface area contributed by atoms with Gasteiger partial charge in [-0.25, -0.2) is 0 Å². The maximum Gasteiger partial charge on any atom is 0.119 e. The van der Waals surface area contributed by atoms with Crippen molar-refractivity contribution in [3.05, 3.63) is 65.2 Å². The first kappa shape index (κ1) is 21.1. The molecule has 1 unspecified atom stereocenters. The zero-order valence-corrected chi connectivity index (χ0v) is 17.6. The van der Waals surface area contributed by atoms with Gasteiger partial charge < -0.3 is 10.1 Å². The van der Waals surface area contributed by atoms with Gasteiger partial charge in [-0.1, -0.05) is 42.0 Å². The number of piperazine rings is 1. The van der Waals surface area contributed by atoms with Crippen molar-refractivity contribution < 1.29 is 4.74 Å². The molecule has 2 heterocycles. The molecule has 0 bridgehead atoms. The van der Waals surface area contributed by atoms with E-state index < -0.39 is 0 Å². The highest BCUT2D eigenvalue weighted by molar-refractivity contribution is 5.85. The topological polar surface area (TPSA) is 27.7 Å². The highest BCUT2D eigenvalue weighted by Gasteiger charge is 2.28. The van der Waals surface area contributed by atoms with Crippen molar-refractivity contribution in [1.29, 1.82) is 0 Å². The van der Waals surface area contributed by atoms with Crippen molar-refractivity contribution in [1.82, 2.24) is 15.1 Å². The summed E-state index contributed by atoms with van der Waals surface area (Å²) in [5.74, 6) is 0.944. The van der Waals surface area contributed by atoms with Gasteiger partial charge >= 0.3 is 0 Å². The predicted molar refractivity (Wildman–Crippen MR) is 117 cm³/mol. The standard InChI is InChI=1S/C23H31N3O.ClH/c1-19-2-4-21(5-3-19)18-27-23-8-6-20(7-9-23)16-25-13-10-22(17-25)26-14-11-24-12-15-26;/h2-9,22,24H,10-18H2,1H3;1H. The first-order chi connectivity index (χ1) is 13.3. The van der Waals surface area contributed by atoms with Gasteiger partial charge in [0.15, 0.2) is 0 Å². The molecule has 2 aromatic rings. The van der Waals surface area contributed by atoms with Crippen molar-refractivity contribution in [3.8, 4) is 5.75 Å². The van der Waals surface area contributed by atoms with E-state index in [1.165, 1.54) is 49.3 Å². The molecule has 5 heteroatoms. The summed E-state index contributed by atoms with van der Waals surface area (Å²) in [7, 11) is 0. The van der Waals surface area contributed by atoms with Crippen molar-refractivity contribution in [2.24, 2.45) is 0 Å². The van der Waals surface area contributed by atoms with Crippen molar-refractivity contribution >= 4 is 12.4 Å². The van der Waals surface area contributed by atoms with E-state index in [0.29, 0.717) is 6.61 Å². The van der Waals surface area contributed by atoms with Crippen LogP contribution in [0.15, 0.2) is 48.5 Å². The molecule has 28 heavy (non-hydrogen) atoms. The molecule has 1 N–H and O–H groups in total. The molecule has 0 aliphatic carbocycles. The molecular weight excluding hydrogens is 370 g/mol. The minimum absolute atomic E-state index is 0. The maximum atomic E-state index is 5.93. The van der Waals surface area contributed by atoms with Crippen LogP contribution in [0.1, 0.15) is 23.1 Å². The monoisotopic (exact) mass is 401 g/mol. The lowest BCUT2D eigenvalue weighted by Gasteiger charge is -2.32. The van der Waals surface area contributed by atoms with Crippen molar-refractivity contribution in [2.75, 3.05) is 39.3 Å². The second-order valence-corrected chi connectivity index (χ2v) is 7.88. The molecule has 1 atom stereocenters. The normalized spacial score (nSPS) is 20.7. The van der Waals surface area contributed by atoms with E-state index in [1.54, 1.807) is 0 Å². The van der Waals surface area contributed by atoms with Crippen molar-refractivity contribution in [2.45, 2.75) is 32.5 Å². The number of nitrogens with one attached hydrogen (secondary N) is 1. The summed E-state index contributed by atoms with van der Waals surface area (Å²) in [6.45, 7) is 10.9. The van der Waals surface area contributed by atoms with Crippen molar-refractivity contribution in [3.63, 3.8) is 0 Å². The number of rotatable bonds is 6. The van der Waals surface area contributed by atoms with Gasteiger partial charge in [0.1, 0.15) is 12.4 Å². The number of hydrogen-bond acceptors (Lipinski definition) is 4. The highest BCUT2D eigenvalue weighted by atomic mass is 35.5. The summed E-state index contributed by atoms with van der Waals surface area (Å²) in [4.78, 5) is 5.26. The maximum absolute atomic E-state index is 5.93. The Kier molecular flexibility index (Phi) is 7.74. The smallest absolute Gasteiger partial charge is 0.119 e. The number of aryl methyl sites for hydroxylation is 1. The van der Waals surface area contributed by atoms with Crippen LogP contribution >= 0.6 is 12.4 Å². The number of hydrogen-bond donors (Lipinski definition) is 1. The number of ether oxygens (including phenoxy) is 1. The lowest BCUT2D eigenvalue weighted by molar-refractivity contribution is 0.170. The van der Waals surface area contributed by atoms with Crippen LogP contribution in [-0.4, -0.2) is 55.1 Å². The highest BCUT2D eigenvalue weighted by Crippen LogP contribution is 2.20. The third-order valence-electron chi connectivity index (χ3n) is 5.77. The average Bonchev–Trinajstić information content (AvgIpc) is 3.18. The second-order valence-electron chi connectivity index (χ2n) is 7.88. The Bertz CT molecular complexity index is 714. The molecule has 4 rings (SSSR count). The van der Waals surface area contributed by atoms with E-state index in [1.807, 2.05) is 0 Å². The number of nitrogens with zero attached hydrogens (tertiary/aromatic N) is 2. The summed E-state index contributed by atoms with van der Waals surface area (Å²) in [6.07, 6.45) is 1.30. The first-order valence-electron chi connectivity index (χ1n) is 10.2. The molecule has 0 spiro atoms. The third-order valence-corrected chi connectivity index (χ3v) is 5.77. The molecule has 2 aromatic carbocycles. The van der Waals surface area contributed by atoms with Gasteiger partial charge in [0.25, 0.3) is 0 Å². The molecule has 2 fully saturated rings. The van der Waals surface area contributed by atoms with Gasteiger partial charge in [-0.2, -0.15) is 0 Å². The van der Waals surface area contributed by atoms with E-state index in [2.05, 4.69) is 70.6 Å². The molecule has 2 aliphatic rings. The summed E-state index contributed by atoms with van der Waals surface area (Å²) in [6, 6.07) is 17.9. The molecule has 4 nitrogen and oxygen atoms in total. The Morgan fingerprint density at radius 2 is 1.61 bits per heavy atom. The number of benzene rings is 2. The molecule has 0 amide bonds. The van der Waals surface area contributed by atoms with Crippen LogP contribution in [0.5, 0.6) is 5.75 Å². The van der Waals surface area contributed by atoms with E-state index in [-0.39, 0.29) is 12.4 Å². The van der Waals surface area contributed by atoms with E-state index >= 15 is 0 Å². The van der Waals surface area contributed by atoms with Gasteiger partial charge in [-0.15, -0.1) is 12.4 Å². The Morgan fingerprint density at radius 1 is 0.929 bits per heavy atom. The van der Waals surface area contributed by atoms with E-state index in [0.717, 1.165) is 31.4 Å². The Labute approximate surface area is 175 Å². The largest absolute Gasteiger partial charge is 0.489 e. The SMILES string of the molecule is Cc1ccc(COc2ccc(CN3CCC(N4CCNCC4)C3)cc2)cc1.Cl. The Balaban J connectivity index is 0.00000225. The molecular formula is C23H32ClN3O. The second kappa shape index (κ2) is 10.3. The molecule has 2 saturated heterocycles. The summed E-state index contributed by atoms with van der Waals surface area (Å²) < 4.78 is 5.93. The zero-order chi connectivity index (χ0) is 18.5. The zero-order valence-electron chi connectivity index (χ0n) is 16.8. The summed E-state index contributed by atoms with van der Waals surface area (Å²) in [5, 5.41) is 3.45. The fourth-order valence-corrected chi connectivity index (χ4v) is 4.10. The fourth-order valence-electron chi connectivity index (χ4n) is 4.10. The van der Waals surface area contributed by atoms with E-state index in [4.69, 9.17) is 4.74 Å². The van der Waals surface area contributed by atoms with Crippen LogP contribution in [0.4, 0.5) is 0 Å². The van der Waals surface area contributed by atoms with Gasteiger partial charge in [-0.05, 0) is 36.6 Å². The minimum atomic E-state index is 0. The Morgan fingerprint density at radius 3 is 2.32 bits per heavy atom. The lowest BCUT2D eigenvalue weighted by atomic mass is 10.1. The van der Waals surface area contributed by atoms with Crippen LogP contribution in [0.3, 0.4) is 0 Å². The first-order valence-corrected chi connectivity index (χ1v) is 10.2. The minimum Gasteiger partial charge on any atom is -0.489 e. The van der Waals surface area contributed by atoms with E-state index in [9.17, 15) is 0 Å². The Hall–Kier alpha value is -1.59. The molecule has 152 valence electrons. The molecule has 0 saturated carbocycles. The third kappa shape index (κ3) is 5.71. The van der Waals surface area contributed by atoms with Gasteiger partial charge in [0.05, 0.1) is 0 Å². The predicted octanol–water partition coefficient (Wildman–Crippen LogP) is 3.48. The van der Waals surface area contributed by atoms with Crippen LogP contribution in [0.25, 0.3) is 0 Å². The average molecular weight is 402 g/mol. The molecule has 2 aliphatic heterocycles. The van der Waals surface area contributed by atoms with Crippen LogP contribution in [-0.2, 0) is 13.2 Å². The van der Waals surface area contributed by atoms with Crippen LogP contribution < -0.4 is 10.1 Å². The summed E-state index contributed by atoms with van der Waals surface area (Å²) in [5.41, 5.74) is 3.86. The number of halogens is 1.